The van der Waals surface area contributed by atoms with E-state index in [2.05, 4.69) is 22.0 Å². The Bertz CT molecular complexity index is 1010. The Morgan fingerprint density at radius 3 is 2.74 bits per heavy atom. The molecule has 1 atom stereocenters. The highest BCUT2D eigenvalue weighted by Crippen LogP contribution is 2.32. The predicted molar refractivity (Wildman–Crippen MR) is 117 cm³/mol. The number of piperidine rings is 1. The lowest BCUT2D eigenvalue weighted by molar-refractivity contribution is -0.133. The summed E-state index contributed by atoms with van der Waals surface area (Å²) in [5, 5.41) is 0. The van der Waals surface area contributed by atoms with Gasteiger partial charge in [-0.15, -0.1) is 0 Å². The van der Waals surface area contributed by atoms with Crippen molar-refractivity contribution in [1.82, 2.24) is 19.8 Å². The number of aromatic amines is 1. The monoisotopic (exact) mass is 422 g/mol. The maximum atomic E-state index is 12.9. The quantitative estimate of drug-likeness (QED) is 0.801. The van der Waals surface area contributed by atoms with Crippen LogP contribution >= 0.6 is 0 Å². The summed E-state index contributed by atoms with van der Waals surface area (Å²) in [5.74, 6) is 2.30. The number of amides is 1. The van der Waals surface area contributed by atoms with E-state index in [1.54, 1.807) is 7.11 Å². The Balaban J connectivity index is 1.28. The van der Waals surface area contributed by atoms with Crippen LogP contribution in [0.25, 0.3) is 0 Å². The summed E-state index contributed by atoms with van der Waals surface area (Å²) in [6.07, 6.45) is 4.78. The highest BCUT2D eigenvalue weighted by atomic mass is 16.5. The summed E-state index contributed by atoms with van der Waals surface area (Å²) in [6.45, 7) is 3.90. The predicted octanol–water partition coefficient (Wildman–Crippen LogP) is 2.45. The van der Waals surface area contributed by atoms with E-state index in [1.807, 2.05) is 17.0 Å². The molecule has 7 nitrogen and oxygen atoms in total. The van der Waals surface area contributed by atoms with Crippen molar-refractivity contribution in [2.24, 2.45) is 5.92 Å². The van der Waals surface area contributed by atoms with Crippen LogP contribution in [0.1, 0.15) is 54.2 Å². The molecular weight excluding hydrogens is 392 g/mol. The molecule has 2 fully saturated rings. The van der Waals surface area contributed by atoms with Gasteiger partial charge >= 0.3 is 0 Å². The average molecular weight is 423 g/mol. The lowest BCUT2D eigenvalue weighted by Gasteiger charge is -2.33. The third-order valence-electron chi connectivity index (χ3n) is 6.78. The van der Waals surface area contributed by atoms with Crippen molar-refractivity contribution >= 4 is 5.91 Å². The molecule has 7 heteroatoms. The minimum absolute atomic E-state index is 0.0689. The molecule has 1 amide bonds. The Kier molecular flexibility index (Phi) is 5.52. The third-order valence-corrected chi connectivity index (χ3v) is 6.78. The fraction of sp³-hybridized carbons (Fsp3) is 0.542. The number of carbonyl (C=O) groups is 1. The number of ether oxygens (including phenoxy) is 1. The molecule has 2 aromatic rings. The molecule has 0 unspecified atom stereocenters. The first kappa shape index (κ1) is 20.2. The number of carbonyl (C=O) groups excluding carboxylic acids is 1. The van der Waals surface area contributed by atoms with E-state index in [0.29, 0.717) is 25.1 Å². The molecule has 1 aromatic heterocycles. The molecule has 0 bridgehead atoms. The zero-order valence-corrected chi connectivity index (χ0v) is 18.1. The summed E-state index contributed by atoms with van der Waals surface area (Å²) >= 11 is 0. The SMILES string of the molecule is COc1ccc(CN2CCC[C@@H](c3nc4c(c(=O)[nH]3)CN(C(=O)C3CC3)CC4)C2)cc1. The molecule has 1 N–H and O–H groups in total. The maximum absolute atomic E-state index is 12.9. The number of nitrogens with zero attached hydrogens (tertiary/aromatic N) is 3. The number of fused-ring (bicyclic) bond motifs is 1. The number of methoxy groups -OCH3 is 1. The van der Waals surface area contributed by atoms with E-state index in [-0.39, 0.29) is 23.3 Å². The van der Waals surface area contributed by atoms with Crippen LogP contribution in [0.15, 0.2) is 29.1 Å². The lowest BCUT2D eigenvalue weighted by Crippen LogP contribution is -2.41. The Labute approximate surface area is 182 Å². The second kappa shape index (κ2) is 8.46. The number of H-pyrrole nitrogens is 1. The zero-order valence-electron chi connectivity index (χ0n) is 18.1. The normalized spacial score (nSPS) is 21.6. The van der Waals surface area contributed by atoms with Gasteiger partial charge in [-0.1, -0.05) is 12.1 Å². The van der Waals surface area contributed by atoms with E-state index in [9.17, 15) is 9.59 Å². The topological polar surface area (TPSA) is 78.5 Å². The molecule has 164 valence electrons. The van der Waals surface area contributed by atoms with Crippen molar-refractivity contribution < 1.29 is 9.53 Å². The summed E-state index contributed by atoms with van der Waals surface area (Å²) < 4.78 is 5.25. The van der Waals surface area contributed by atoms with Gasteiger partial charge in [-0.05, 0) is 49.9 Å². The Morgan fingerprint density at radius 2 is 2.00 bits per heavy atom. The molecule has 1 aromatic carbocycles. The van der Waals surface area contributed by atoms with Crippen LogP contribution in [0.4, 0.5) is 0 Å². The van der Waals surface area contributed by atoms with E-state index in [1.165, 1.54) is 5.56 Å². The van der Waals surface area contributed by atoms with Gasteiger partial charge in [0.15, 0.2) is 0 Å². The molecule has 2 aliphatic heterocycles. The molecule has 3 aliphatic rings. The molecule has 3 heterocycles. The molecule has 1 aliphatic carbocycles. The molecular formula is C24H30N4O3. The van der Waals surface area contributed by atoms with Gasteiger partial charge in [0.05, 0.1) is 24.9 Å². The van der Waals surface area contributed by atoms with Crippen LogP contribution in [-0.4, -0.2) is 52.4 Å². The summed E-state index contributed by atoms with van der Waals surface area (Å²) in [6, 6.07) is 8.21. The lowest BCUT2D eigenvalue weighted by atomic mass is 9.96. The number of hydrogen-bond acceptors (Lipinski definition) is 5. The van der Waals surface area contributed by atoms with Crippen molar-refractivity contribution in [1.29, 1.82) is 0 Å². The van der Waals surface area contributed by atoms with Crippen LogP contribution in [0.2, 0.25) is 0 Å². The van der Waals surface area contributed by atoms with Crippen molar-refractivity contribution in [3.05, 3.63) is 57.3 Å². The first-order valence-corrected chi connectivity index (χ1v) is 11.4. The number of rotatable bonds is 5. The van der Waals surface area contributed by atoms with Crippen LogP contribution in [0.5, 0.6) is 5.75 Å². The van der Waals surface area contributed by atoms with Gasteiger partial charge in [0.2, 0.25) is 5.91 Å². The fourth-order valence-electron chi connectivity index (χ4n) is 4.83. The summed E-state index contributed by atoms with van der Waals surface area (Å²) in [7, 11) is 1.68. The van der Waals surface area contributed by atoms with Gasteiger partial charge in [0.1, 0.15) is 11.6 Å². The van der Waals surface area contributed by atoms with E-state index in [4.69, 9.17) is 9.72 Å². The second-order valence-electron chi connectivity index (χ2n) is 9.08. The number of nitrogens with one attached hydrogen (secondary N) is 1. The van der Waals surface area contributed by atoms with Crippen LogP contribution < -0.4 is 10.3 Å². The van der Waals surface area contributed by atoms with Gasteiger partial charge < -0.3 is 14.6 Å². The van der Waals surface area contributed by atoms with Gasteiger partial charge in [-0.25, -0.2) is 4.98 Å². The van der Waals surface area contributed by atoms with Gasteiger partial charge in [0, 0.05) is 37.9 Å². The largest absolute Gasteiger partial charge is 0.497 e. The molecule has 1 saturated heterocycles. The first-order chi connectivity index (χ1) is 15.1. The minimum Gasteiger partial charge on any atom is -0.497 e. The highest BCUT2D eigenvalue weighted by molar-refractivity contribution is 5.81. The van der Waals surface area contributed by atoms with Crippen LogP contribution in [0, 0.1) is 5.92 Å². The van der Waals surface area contributed by atoms with Crippen molar-refractivity contribution in [3.63, 3.8) is 0 Å². The van der Waals surface area contributed by atoms with Gasteiger partial charge in [-0.2, -0.15) is 0 Å². The smallest absolute Gasteiger partial charge is 0.256 e. The summed E-state index contributed by atoms with van der Waals surface area (Å²) in [4.78, 5) is 37.5. The van der Waals surface area contributed by atoms with Crippen LogP contribution in [0.3, 0.4) is 0 Å². The average Bonchev–Trinajstić information content (AvgIpc) is 3.65. The minimum atomic E-state index is -0.0689. The third kappa shape index (κ3) is 4.37. The number of likely N-dealkylation sites (tertiary alicyclic amines) is 1. The summed E-state index contributed by atoms with van der Waals surface area (Å²) in [5.41, 5.74) is 2.75. The van der Waals surface area contributed by atoms with Gasteiger partial charge in [0.25, 0.3) is 5.56 Å². The second-order valence-corrected chi connectivity index (χ2v) is 9.08. The van der Waals surface area contributed by atoms with E-state index < -0.39 is 0 Å². The van der Waals surface area contributed by atoms with E-state index in [0.717, 1.165) is 62.6 Å². The van der Waals surface area contributed by atoms with Crippen LogP contribution in [-0.2, 0) is 24.3 Å². The number of aromatic nitrogens is 2. The van der Waals surface area contributed by atoms with E-state index >= 15 is 0 Å². The van der Waals surface area contributed by atoms with Gasteiger partial charge in [-0.3, -0.25) is 14.5 Å². The Morgan fingerprint density at radius 1 is 1.19 bits per heavy atom. The first-order valence-electron chi connectivity index (χ1n) is 11.4. The fourth-order valence-corrected chi connectivity index (χ4v) is 4.83. The standard InChI is InChI=1S/C24H30N4O3/c1-31-19-8-4-16(5-9-19)13-27-11-2-3-18(14-27)22-25-21-10-12-28(24(30)17-6-7-17)15-20(21)23(29)26-22/h4-5,8-9,17-18H,2-3,6-7,10-15H2,1H3,(H,25,26,29)/t18-/m1/s1. The highest BCUT2D eigenvalue weighted by Gasteiger charge is 2.35. The molecule has 5 rings (SSSR count). The van der Waals surface area contributed by atoms with Crippen molar-refractivity contribution in [2.75, 3.05) is 26.7 Å². The molecule has 0 radical (unpaired) electrons. The van der Waals surface area contributed by atoms with Crippen molar-refractivity contribution in [3.8, 4) is 5.75 Å². The molecule has 0 spiro atoms. The molecule has 31 heavy (non-hydrogen) atoms. The number of benzene rings is 1. The molecule has 1 saturated carbocycles. The maximum Gasteiger partial charge on any atom is 0.256 e. The Hall–Kier alpha value is -2.67. The zero-order chi connectivity index (χ0) is 21.4. The van der Waals surface area contributed by atoms with Crippen molar-refractivity contribution in [2.45, 2.75) is 51.1 Å². The number of hydrogen-bond donors (Lipinski definition) is 1.